The average molecular weight is 281 g/mol. The van der Waals surface area contributed by atoms with Gasteiger partial charge in [0.05, 0.1) is 0 Å². The Kier molecular flexibility index (Phi) is 3.57. The quantitative estimate of drug-likeness (QED) is 0.791. The Hall–Kier alpha value is -1.35. The highest BCUT2D eigenvalue weighted by Gasteiger charge is 2.07. The topological polar surface area (TPSA) is 9.23 Å². The van der Waals surface area contributed by atoms with E-state index in [9.17, 15) is 4.39 Å². The molecule has 0 aliphatic carbocycles. The molecule has 1 nitrogen and oxygen atoms in total. The van der Waals surface area contributed by atoms with Crippen molar-refractivity contribution in [2.45, 2.75) is 6.67 Å². The standard InChI is InChI=1S/C13H10BrFO/c14-12-7-4-8-13(11(12)9-15)16-10-5-2-1-3-6-10/h1-8H,9H2. The second-order valence-corrected chi connectivity index (χ2v) is 4.12. The molecule has 0 atom stereocenters. The van der Waals surface area contributed by atoms with Gasteiger partial charge in [-0.2, -0.15) is 0 Å². The Morgan fingerprint density at radius 1 is 1.00 bits per heavy atom. The SMILES string of the molecule is FCc1c(Br)cccc1Oc1ccccc1. The van der Waals surface area contributed by atoms with Crippen molar-refractivity contribution in [1.82, 2.24) is 0 Å². The minimum atomic E-state index is -0.552. The molecular formula is C13H10BrFO. The van der Waals surface area contributed by atoms with Crippen LogP contribution < -0.4 is 4.74 Å². The van der Waals surface area contributed by atoms with E-state index < -0.39 is 6.67 Å². The zero-order valence-corrected chi connectivity index (χ0v) is 10.1. The largest absolute Gasteiger partial charge is 0.457 e. The number of rotatable bonds is 3. The molecule has 0 fully saturated rings. The van der Waals surface area contributed by atoms with Gasteiger partial charge in [-0.1, -0.05) is 40.2 Å². The first kappa shape index (κ1) is 11.1. The molecule has 0 amide bonds. The third-order valence-electron chi connectivity index (χ3n) is 2.18. The van der Waals surface area contributed by atoms with Crippen molar-refractivity contribution in [1.29, 1.82) is 0 Å². The Morgan fingerprint density at radius 2 is 1.75 bits per heavy atom. The zero-order chi connectivity index (χ0) is 11.4. The third-order valence-corrected chi connectivity index (χ3v) is 2.92. The van der Waals surface area contributed by atoms with Crippen LogP contribution in [0, 0.1) is 0 Å². The van der Waals surface area contributed by atoms with E-state index in [1.54, 1.807) is 12.1 Å². The molecule has 2 aromatic rings. The molecule has 16 heavy (non-hydrogen) atoms. The van der Waals surface area contributed by atoms with Crippen LogP contribution in [0.15, 0.2) is 53.0 Å². The van der Waals surface area contributed by atoms with E-state index in [1.807, 2.05) is 36.4 Å². The van der Waals surface area contributed by atoms with Crippen LogP contribution in [-0.2, 0) is 6.67 Å². The minimum absolute atomic E-state index is 0.534. The smallest absolute Gasteiger partial charge is 0.134 e. The summed E-state index contributed by atoms with van der Waals surface area (Å²) in [6.45, 7) is -0.552. The summed E-state index contributed by atoms with van der Waals surface area (Å²) in [6.07, 6.45) is 0. The number of halogens is 2. The second-order valence-electron chi connectivity index (χ2n) is 3.27. The van der Waals surface area contributed by atoms with Crippen LogP contribution in [0.1, 0.15) is 5.56 Å². The summed E-state index contributed by atoms with van der Waals surface area (Å²) >= 11 is 3.30. The lowest BCUT2D eigenvalue weighted by molar-refractivity contribution is 0.438. The maximum absolute atomic E-state index is 12.8. The number of benzene rings is 2. The van der Waals surface area contributed by atoms with Gasteiger partial charge >= 0.3 is 0 Å². The molecule has 0 heterocycles. The van der Waals surface area contributed by atoms with Crippen molar-refractivity contribution in [2.75, 3.05) is 0 Å². The van der Waals surface area contributed by atoms with Gasteiger partial charge in [0.2, 0.25) is 0 Å². The van der Waals surface area contributed by atoms with E-state index in [0.29, 0.717) is 17.1 Å². The van der Waals surface area contributed by atoms with Crippen LogP contribution in [0.4, 0.5) is 4.39 Å². The summed E-state index contributed by atoms with van der Waals surface area (Å²) in [5.41, 5.74) is 0.534. The van der Waals surface area contributed by atoms with E-state index in [-0.39, 0.29) is 0 Å². The van der Waals surface area contributed by atoms with Gasteiger partial charge in [-0.25, -0.2) is 4.39 Å². The van der Waals surface area contributed by atoms with Crippen molar-refractivity contribution < 1.29 is 9.13 Å². The monoisotopic (exact) mass is 280 g/mol. The van der Waals surface area contributed by atoms with Gasteiger partial charge < -0.3 is 4.74 Å². The van der Waals surface area contributed by atoms with E-state index in [1.165, 1.54) is 0 Å². The number of alkyl halides is 1. The van der Waals surface area contributed by atoms with Crippen molar-refractivity contribution in [2.24, 2.45) is 0 Å². The average Bonchev–Trinajstić information content (AvgIpc) is 2.31. The molecule has 0 unspecified atom stereocenters. The summed E-state index contributed by atoms with van der Waals surface area (Å²) in [4.78, 5) is 0. The second kappa shape index (κ2) is 5.12. The highest BCUT2D eigenvalue weighted by atomic mass is 79.9. The fourth-order valence-corrected chi connectivity index (χ4v) is 1.83. The molecule has 0 aliphatic rings. The first-order chi connectivity index (χ1) is 7.81. The Bertz CT molecular complexity index is 471. The first-order valence-corrected chi connectivity index (χ1v) is 5.67. The predicted molar refractivity (Wildman–Crippen MR) is 65.5 cm³/mol. The van der Waals surface area contributed by atoms with Crippen molar-refractivity contribution in [3.63, 3.8) is 0 Å². The molecule has 0 saturated carbocycles. The van der Waals surface area contributed by atoms with Gasteiger partial charge in [0.25, 0.3) is 0 Å². The molecule has 0 aliphatic heterocycles. The molecule has 2 rings (SSSR count). The van der Waals surface area contributed by atoms with E-state index in [0.717, 1.165) is 4.47 Å². The molecule has 0 saturated heterocycles. The fraction of sp³-hybridized carbons (Fsp3) is 0.0769. The van der Waals surface area contributed by atoms with Crippen LogP contribution in [0.2, 0.25) is 0 Å². The summed E-state index contributed by atoms with van der Waals surface area (Å²) in [7, 11) is 0. The summed E-state index contributed by atoms with van der Waals surface area (Å²) in [6, 6.07) is 14.7. The minimum Gasteiger partial charge on any atom is -0.457 e. The number of hydrogen-bond acceptors (Lipinski definition) is 1. The molecule has 0 N–H and O–H groups in total. The highest BCUT2D eigenvalue weighted by Crippen LogP contribution is 2.31. The van der Waals surface area contributed by atoms with Crippen molar-refractivity contribution in [3.05, 3.63) is 58.6 Å². The Labute approximate surface area is 102 Å². The van der Waals surface area contributed by atoms with Gasteiger partial charge in [-0.15, -0.1) is 0 Å². The lowest BCUT2D eigenvalue weighted by Gasteiger charge is -2.10. The normalized spacial score (nSPS) is 10.1. The van der Waals surface area contributed by atoms with Crippen molar-refractivity contribution in [3.8, 4) is 11.5 Å². The maximum atomic E-state index is 12.8. The lowest BCUT2D eigenvalue weighted by Crippen LogP contribution is -1.90. The van der Waals surface area contributed by atoms with E-state index in [2.05, 4.69) is 15.9 Å². The number of para-hydroxylation sites is 1. The van der Waals surface area contributed by atoms with E-state index >= 15 is 0 Å². The van der Waals surface area contributed by atoms with Gasteiger partial charge in [-0.05, 0) is 24.3 Å². The molecule has 82 valence electrons. The van der Waals surface area contributed by atoms with Crippen LogP contribution in [0.3, 0.4) is 0 Å². The van der Waals surface area contributed by atoms with Gasteiger partial charge in [0.1, 0.15) is 18.2 Å². The van der Waals surface area contributed by atoms with Crippen LogP contribution in [0.5, 0.6) is 11.5 Å². The summed E-state index contributed by atoms with van der Waals surface area (Å²) < 4.78 is 19.2. The molecule has 2 aromatic carbocycles. The molecule has 0 aromatic heterocycles. The van der Waals surface area contributed by atoms with E-state index in [4.69, 9.17) is 4.74 Å². The molecular weight excluding hydrogens is 271 g/mol. The van der Waals surface area contributed by atoms with Crippen LogP contribution >= 0.6 is 15.9 Å². The summed E-state index contributed by atoms with van der Waals surface area (Å²) in [5.74, 6) is 1.25. The molecule has 3 heteroatoms. The zero-order valence-electron chi connectivity index (χ0n) is 8.49. The van der Waals surface area contributed by atoms with Crippen LogP contribution in [-0.4, -0.2) is 0 Å². The van der Waals surface area contributed by atoms with Crippen LogP contribution in [0.25, 0.3) is 0 Å². The van der Waals surface area contributed by atoms with Gasteiger partial charge in [0.15, 0.2) is 0 Å². The highest BCUT2D eigenvalue weighted by molar-refractivity contribution is 9.10. The van der Waals surface area contributed by atoms with Gasteiger partial charge in [-0.3, -0.25) is 0 Å². The third kappa shape index (κ3) is 2.42. The van der Waals surface area contributed by atoms with Gasteiger partial charge in [0, 0.05) is 10.0 Å². The molecule has 0 bridgehead atoms. The number of hydrogen-bond donors (Lipinski definition) is 0. The lowest BCUT2D eigenvalue weighted by atomic mass is 10.2. The number of ether oxygens (including phenoxy) is 1. The van der Waals surface area contributed by atoms with Crippen molar-refractivity contribution >= 4 is 15.9 Å². The Balaban J connectivity index is 2.31. The maximum Gasteiger partial charge on any atom is 0.134 e. The summed E-state index contributed by atoms with van der Waals surface area (Å²) in [5, 5.41) is 0. The molecule has 0 spiro atoms. The first-order valence-electron chi connectivity index (χ1n) is 4.87. The molecule has 0 radical (unpaired) electrons. The fourth-order valence-electron chi connectivity index (χ4n) is 1.38. The Morgan fingerprint density at radius 3 is 2.44 bits per heavy atom. The predicted octanol–water partition coefficient (Wildman–Crippen LogP) is 4.71.